The number of nitrogens with zero attached hydrogens (tertiary/aromatic N) is 6. The summed E-state index contributed by atoms with van der Waals surface area (Å²) < 4.78 is 8.00. The Labute approximate surface area is 263 Å². The Kier molecular flexibility index (Phi) is 8.24. The van der Waals surface area contributed by atoms with Gasteiger partial charge in [-0.25, -0.2) is 19.9 Å². The maximum Gasteiger partial charge on any atom is 0.256 e. The van der Waals surface area contributed by atoms with E-state index < -0.39 is 0 Å². The first kappa shape index (κ1) is 30.2. The number of nitrogens with one attached hydrogen (secondary N) is 2. The number of rotatable bonds is 7. The Morgan fingerprint density at radius 1 is 1.02 bits per heavy atom. The summed E-state index contributed by atoms with van der Waals surface area (Å²) in [5, 5.41) is 6.63. The number of benzene rings is 2. The number of ether oxygens (including phenoxy) is 1. The molecule has 45 heavy (non-hydrogen) atoms. The fourth-order valence-corrected chi connectivity index (χ4v) is 5.95. The van der Waals surface area contributed by atoms with Crippen LogP contribution in [0.25, 0.3) is 22.4 Å². The number of aromatic nitrogens is 5. The summed E-state index contributed by atoms with van der Waals surface area (Å²) in [6.45, 7) is 9.14. The van der Waals surface area contributed by atoms with Crippen molar-refractivity contribution in [2.24, 2.45) is 0 Å². The van der Waals surface area contributed by atoms with Gasteiger partial charge in [0, 0.05) is 55.1 Å². The molecular formula is C35H40N8O2. The molecule has 0 bridgehead atoms. The van der Waals surface area contributed by atoms with Gasteiger partial charge in [-0.3, -0.25) is 9.36 Å². The van der Waals surface area contributed by atoms with Crippen LogP contribution in [0.4, 0.5) is 22.9 Å². The van der Waals surface area contributed by atoms with Crippen LogP contribution in [-0.4, -0.2) is 51.1 Å². The van der Waals surface area contributed by atoms with E-state index in [1.807, 2.05) is 68.1 Å². The van der Waals surface area contributed by atoms with E-state index in [0.717, 1.165) is 59.6 Å². The summed E-state index contributed by atoms with van der Waals surface area (Å²) >= 11 is 0. The van der Waals surface area contributed by atoms with Gasteiger partial charge in [0.25, 0.3) is 5.91 Å². The van der Waals surface area contributed by atoms with Gasteiger partial charge >= 0.3 is 0 Å². The average Bonchev–Trinajstić information content (AvgIpc) is 3.47. The summed E-state index contributed by atoms with van der Waals surface area (Å²) in [5.74, 6) is 0.471. The van der Waals surface area contributed by atoms with Crippen LogP contribution in [0.2, 0.25) is 0 Å². The molecule has 1 fully saturated rings. The number of hydrogen-bond donors (Lipinski definition) is 2. The molecule has 3 aromatic heterocycles. The van der Waals surface area contributed by atoms with Gasteiger partial charge in [-0.15, -0.1) is 0 Å². The van der Waals surface area contributed by atoms with Gasteiger partial charge in [-0.05, 0) is 79.1 Å². The minimum atomic E-state index is -0.228. The van der Waals surface area contributed by atoms with Crippen LogP contribution >= 0.6 is 0 Å². The zero-order valence-electron chi connectivity index (χ0n) is 26.8. The van der Waals surface area contributed by atoms with Crippen molar-refractivity contribution in [3.05, 3.63) is 84.1 Å². The van der Waals surface area contributed by atoms with E-state index in [2.05, 4.69) is 57.3 Å². The largest absolute Gasteiger partial charge is 0.377 e. The number of carbonyl (C=O) groups excluding carboxylic acids is 1. The molecule has 1 saturated heterocycles. The Balaban J connectivity index is 1.31. The second kappa shape index (κ2) is 12.3. The fraction of sp³-hybridized carbons (Fsp3) is 0.343. The Morgan fingerprint density at radius 3 is 2.62 bits per heavy atom. The summed E-state index contributed by atoms with van der Waals surface area (Å²) in [4.78, 5) is 34.3. The topological polar surface area (TPSA) is 110 Å². The van der Waals surface area contributed by atoms with Crippen molar-refractivity contribution in [3.63, 3.8) is 0 Å². The molecule has 1 aliphatic rings. The number of fused-ring (bicyclic) bond motifs is 1. The van der Waals surface area contributed by atoms with E-state index in [1.54, 1.807) is 18.9 Å². The predicted molar refractivity (Wildman–Crippen MR) is 179 cm³/mol. The summed E-state index contributed by atoms with van der Waals surface area (Å²) in [6.07, 6.45) is 8.12. The Morgan fingerprint density at radius 2 is 1.87 bits per heavy atom. The van der Waals surface area contributed by atoms with Crippen molar-refractivity contribution in [2.45, 2.75) is 58.6 Å². The van der Waals surface area contributed by atoms with Crippen molar-refractivity contribution in [2.75, 3.05) is 36.2 Å². The third kappa shape index (κ3) is 6.10. The number of anilines is 4. The van der Waals surface area contributed by atoms with E-state index in [1.165, 1.54) is 0 Å². The number of imidazole rings is 1. The lowest BCUT2D eigenvalue weighted by Gasteiger charge is -2.29. The van der Waals surface area contributed by atoms with E-state index in [4.69, 9.17) is 9.72 Å². The molecule has 10 nitrogen and oxygen atoms in total. The van der Waals surface area contributed by atoms with E-state index in [9.17, 15) is 4.79 Å². The second-order valence-corrected chi connectivity index (χ2v) is 12.7. The molecule has 6 rings (SSSR count). The van der Waals surface area contributed by atoms with Gasteiger partial charge in [0.1, 0.15) is 29.6 Å². The monoisotopic (exact) mass is 604 g/mol. The molecule has 232 valence electrons. The standard InChI is InChI=1S/C35H40N8O2/c1-22-15-16-23(40-34(44)24-11-9-13-27(42(5)6)29(24)35(2,3)4)19-26(22)41-32-25(12-10-17-36-32)30-31-33(38-20-37-30)43(21-39-31)28-14-7-8-18-45-28/h9-13,15-17,19-21,28H,7-8,14,18H2,1-6H3,(H,36,41)(H,40,44). The fourth-order valence-electron chi connectivity index (χ4n) is 5.95. The molecule has 0 spiro atoms. The van der Waals surface area contributed by atoms with Crippen molar-refractivity contribution in [1.29, 1.82) is 0 Å². The normalized spacial score (nSPS) is 15.2. The number of carbonyl (C=O) groups is 1. The van der Waals surface area contributed by atoms with E-state index in [-0.39, 0.29) is 17.6 Å². The van der Waals surface area contributed by atoms with Crippen LogP contribution in [0.15, 0.2) is 67.4 Å². The smallest absolute Gasteiger partial charge is 0.256 e. The van der Waals surface area contributed by atoms with Crippen molar-refractivity contribution in [1.82, 2.24) is 24.5 Å². The van der Waals surface area contributed by atoms with Gasteiger partial charge in [-0.1, -0.05) is 32.9 Å². The molecule has 0 aliphatic carbocycles. The van der Waals surface area contributed by atoms with Gasteiger partial charge in [0.05, 0.1) is 6.33 Å². The summed E-state index contributed by atoms with van der Waals surface area (Å²) in [5.41, 5.74) is 7.85. The third-order valence-electron chi connectivity index (χ3n) is 8.15. The van der Waals surface area contributed by atoms with Crippen LogP contribution in [-0.2, 0) is 10.2 Å². The average molecular weight is 605 g/mol. The van der Waals surface area contributed by atoms with Gasteiger partial charge in [0.15, 0.2) is 5.65 Å². The summed E-state index contributed by atoms with van der Waals surface area (Å²) in [6, 6.07) is 15.6. The highest BCUT2D eigenvalue weighted by Crippen LogP contribution is 2.36. The number of amides is 1. The molecule has 1 atom stereocenters. The highest BCUT2D eigenvalue weighted by Gasteiger charge is 2.26. The van der Waals surface area contributed by atoms with E-state index >= 15 is 0 Å². The lowest BCUT2D eigenvalue weighted by atomic mass is 9.82. The van der Waals surface area contributed by atoms with Gasteiger partial charge < -0.3 is 20.3 Å². The van der Waals surface area contributed by atoms with Crippen molar-refractivity contribution >= 4 is 40.0 Å². The zero-order chi connectivity index (χ0) is 31.7. The summed E-state index contributed by atoms with van der Waals surface area (Å²) in [7, 11) is 4.00. The van der Waals surface area contributed by atoms with Crippen LogP contribution in [0.1, 0.15) is 67.7 Å². The Hall–Kier alpha value is -4.83. The molecule has 1 aliphatic heterocycles. The molecule has 1 amide bonds. The van der Waals surface area contributed by atoms with E-state index in [0.29, 0.717) is 28.3 Å². The lowest BCUT2D eigenvalue weighted by Crippen LogP contribution is -2.25. The molecule has 0 saturated carbocycles. The molecular weight excluding hydrogens is 564 g/mol. The third-order valence-corrected chi connectivity index (χ3v) is 8.15. The maximum atomic E-state index is 13.7. The Bertz CT molecular complexity index is 1850. The van der Waals surface area contributed by atoms with Crippen molar-refractivity contribution in [3.8, 4) is 11.3 Å². The molecule has 4 heterocycles. The molecule has 1 unspecified atom stereocenters. The number of pyridine rings is 1. The number of hydrogen-bond acceptors (Lipinski definition) is 8. The first-order valence-electron chi connectivity index (χ1n) is 15.4. The second-order valence-electron chi connectivity index (χ2n) is 12.7. The minimum absolute atomic E-state index is 0.0802. The molecule has 0 radical (unpaired) electrons. The highest BCUT2D eigenvalue weighted by molar-refractivity contribution is 6.07. The molecule has 2 N–H and O–H groups in total. The zero-order valence-corrected chi connectivity index (χ0v) is 26.8. The van der Waals surface area contributed by atoms with Crippen LogP contribution in [0.3, 0.4) is 0 Å². The highest BCUT2D eigenvalue weighted by atomic mass is 16.5. The minimum Gasteiger partial charge on any atom is -0.377 e. The van der Waals surface area contributed by atoms with Gasteiger partial charge in [0.2, 0.25) is 0 Å². The first-order valence-corrected chi connectivity index (χ1v) is 15.4. The maximum absolute atomic E-state index is 13.7. The predicted octanol–water partition coefficient (Wildman–Crippen LogP) is 7.26. The van der Waals surface area contributed by atoms with Crippen LogP contribution < -0.4 is 15.5 Å². The van der Waals surface area contributed by atoms with Crippen molar-refractivity contribution < 1.29 is 9.53 Å². The molecule has 5 aromatic rings. The van der Waals surface area contributed by atoms with Crippen LogP contribution in [0, 0.1) is 6.92 Å². The quantitative estimate of drug-likeness (QED) is 0.200. The first-order chi connectivity index (χ1) is 21.6. The van der Waals surface area contributed by atoms with Crippen LogP contribution in [0.5, 0.6) is 0 Å². The number of aryl methyl sites for hydroxylation is 1. The van der Waals surface area contributed by atoms with Gasteiger partial charge in [-0.2, -0.15) is 0 Å². The lowest BCUT2D eigenvalue weighted by molar-refractivity contribution is -0.0298. The molecule has 2 aromatic carbocycles. The SMILES string of the molecule is Cc1ccc(NC(=O)c2cccc(N(C)C)c2C(C)(C)C)cc1Nc1ncccc1-c1ncnc2c1ncn2C1CCCCO1. The molecule has 10 heteroatoms.